The van der Waals surface area contributed by atoms with Gasteiger partial charge in [0.1, 0.15) is 34.4 Å². The lowest BCUT2D eigenvalue weighted by Crippen LogP contribution is -2.36. The smallest absolute Gasteiger partial charge is 0.276 e. The lowest BCUT2D eigenvalue weighted by atomic mass is 10.2. The van der Waals surface area contributed by atoms with Gasteiger partial charge in [0.15, 0.2) is 5.78 Å². The number of ether oxygens (including phenoxy) is 4. The molecular formula is C22H26ClN3O6. The molecule has 0 fully saturated rings. The molecule has 0 bridgehead atoms. The lowest BCUT2D eigenvalue weighted by molar-refractivity contribution is -0.126. The molecule has 1 amide bonds. The third-order valence-electron chi connectivity index (χ3n) is 4.23. The molecule has 9 nitrogen and oxygen atoms in total. The van der Waals surface area contributed by atoms with Crippen LogP contribution in [0.15, 0.2) is 46.6 Å². The molecule has 0 heterocycles. The molecule has 1 unspecified atom stereocenters. The number of carbonyl (C=O) groups excluding carboxylic acids is 2. The Balaban J connectivity index is 2.36. The topological polar surface area (TPSA) is 99.0 Å². The van der Waals surface area contributed by atoms with E-state index in [1.807, 2.05) is 13.8 Å². The molecule has 0 saturated carbocycles. The Morgan fingerprint density at radius 3 is 2.25 bits per heavy atom. The van der Waals surface area contributed by atoms with Crippen molar-refractivity contribution in [2.75, 3.05) is 31.9 Å². The zero-order chi connectivity index (χ0) is 23.7. The highest BCUT2D eigenvalue weighted by Gasteiger charge is 2.30. The number of Topliss-reactive ketones (excluding diaryl/α,β-unsaturated/α-hetero) is 1. The fourth-order valence-corrected chi connectivity index (χ4v) is 2.94. The van der Waals surface area contributed by atoms with Gasteiger partial charge in [0.05, 0.1) is 27.4 Å². The number of amides is 1. The maximum absolute atomic E-state index is 13.0. The molecule has 0 aliphatic rings. The van der Waals surface area contributed by atoms with Crippen LogP contribution in [0.5, 0.6) is 23.0 Å². The fourth-order valence-electron chi connectivity index (χ4n) is 2.71. The Labute approximate surface area is 192 Å². The van der Waals surface area contributed by atoms with E-state index in [2.05, 4.69) is 10.2 Å². The van der Waals surface area contributed by atoms with E-state index in [1.54, 1.807) is 30.3 Å². The summed E-state index contributed by atoms with van der Waals surface area (Å²) in [5.41, 5.74) is 0.551. The molecule has 0 N–H and O–H groups in total. The third-order valence-corrected chi connectivity index (χ3v) is 4.58. The Kier molecular flexibility index (Phi) is 9.27. The summed E-state index contributed by atoms with van der Waals surface area (Å²) in [4.78, 5) is 25.2. The van der Waals surface area contributed by atoms with E-state index in [0.29, 0.717) is 36.1 Å². The number of azo groups is 1. The van der Waals surface area contributed by atoms with Gasteiger partial charge in [-0.15, -0.1) is 0 Å². The van der Waals surface area contributed by atoms with Crippen molar-refractivity contribution in [3.05, 3.63) is 36.4 Å². The second-order valence-corrected chi connectivity index (χ2v) is 6.72. The van der Waals surface area contributed by atoms with Crippen LogP contribution in [0.4, 0.5) is 11.4 Å². The average molecular weight is 464 g/mol. The highest BCUT2D eigenvalue weighted by Crippen LogP contribution is 2.35. The van der Waals surface area contributed by atoms with Crippen molar-refractivity contribution in [3.63, 3.8) is 0 Å². The van der Waals surface area contributed by atoms with E-state index in [4.69, 9.17) is 30.7 Å². The van der Waals surface area contributed by atoms with Crippen molar-refractivity contribution < 1.29 is 28.5 Å². The number of methoxy groups -OCH3 is 2. The SMILES string of the molecule is CCOc1ccc(OCC)c(N=NC(C(C)=O)C(=O)N(Cl)c2ccc(OC)cc2OC)c1. The zero-order valence-corrected chi connectivity index (χ0v) is 19.4. The van der Waals surface area contributed by atoms with Crippen LogP contribution in [0, 0.1) is 0 Å². The normalized spacial score (nSPS) is 11.7. The van der Waals surface area contributed by atoms with E-state index in [1.165, 1.54) is 27.2 Å². The van der Waals surface area contributed by atoms with Crippen LogP contribution < -0.4 is 23.4 Å². The first-order valence-corrected chi connectivity index (χ1v) is 10.2. The number of hydrogen-bond acceptors (Lipinski definition) is 8. The van der Waals surface area contributed by atoms with Crippen molar-refractivity contribution in [2.45, 2.75) is 26.8 Å². The van der Waals surface area contributed by atoms with Crippen molar-refractivity contribution in [3.8, 4) is 23.0 Å². The Bertz CT molecular complexity index is 982. The summed E-state index contributed by atoms with van der Waals surface area (Å²) in [5.74, 6) is 0.478. The fraction of sp³-hybridized carbons (Fsp3) is 0.364. The Morgan fingerprint density at radius 2 is 1.66 bits per heavy atom. The number of carbonyl (C=O) groups is 2. The molecule has 172 valence electrons. The molecular weight excluding hydrogens is 438 g/mol. The van der Waals surface area contributed by atoms with E-state index in [-0.39, 0.29) is 11.4 Å². The lowest BCUT2D eigenvalue weighted by Gasteiger charge is -2.19. The molecule has 32 heavy (non-hydrogen) atoms. The van der Waals surface area contributed by atoms with Crippen LogP contribution in [0.1, 0.15) is 20.8 Å². The number of ketones is 1. The number of nitrogens with zero attached hydrogens (tertiary/aromatic N) is 3. The molecule has 10 heteroatoms. The van der Waals surface area contributed by atoms with Crippen molar-refractivity contribution >= 4 is 34.8 Å². The molecule has 0 saturated heterocycles. The van der Waals surface area contributed by atoms with E-state index in [9.17, 15) is 9.59 Å². The number of benzene rings is 2. The van der Waals surface area contributed by atoms with Gasteiger partial charge in [0, 0.05) is 23.9 Å². The summed E-state index contributed by atoms with van der Waals surface area (Å²) in [6, 6.07) is 8.28. The quantitative estimate of drug-likeness (QED) is 0.271. The summed E-state index contributed by atoms with van der Waals surface area (Å²) < 4.78 is 22.2. The largest absolute Gasteiger partial charge is 0.497 e. The summed E-state index contributed by atoms with van der Waals surface area (Å²) >= 11 is 6.27. The van der Waals surface area contributed by atoms with Crippen LogP contribution in [0.25, 0.3) is 0 Å². The van der Waals surface area contributed by atoms with Crippen LogP contribution in [-0.2, 0) is 9.59 Å². The molecule has 0 aliphatic carbocycles. The minimum absolute atomic E-state index is 0.231. The van der Waals surface area contributed by atoms with Gasteiger partial charge in [0.2, 0.25) is 6.04 Å². The molecule has 1 atom stereocenters. The molecule has 2 aromatic rings. The number of hydrogen-bond donors (Lipinski definition) is 0. The molecule has 0 spiro atoms. The number of halogens is 1. The first-order valence-electron chi connectivity index (χ1n) is 9.88. The van der Waals surface area contributed by atoms with Crippen LogP contribution in [0.2, 0.25) is 0 Å². The van der Waals surface area contributed by atoms with E-state index in [0.717, 1.165) is 4.42 Å². The maximum Gasteiger partial charge on any atom is 0.276 e. The monoisotopic (exact) mass is 463 g/mol. The Morgan fingerprint density at radius 1 is 0.969 bits per heavy atom. The second-order valence-electron chi connectivity index (χ2n) is 6.38. The van der Waals surface area contributed by atoms with Crippen LogP contribution >= 0.6 is 11.8 Å². The molecule has 2 rings (SSSR count). The Hall–Kier alpha value is -3.33. The predicted molar refractivity (Wildman–Crippen MR) is 121 cm³/mol. The van der Waals surface area contributed by atoms with Gasteiger partial charge < -0.3 is 18.9 Å². The molecule has 2 aromatic carbocycles. The summed E-state index contributed by atoms with van der Waals surface area (Å²) in [7, 11) is 2.93. The molecule has 0 aromatic heterocycles. The van der Waals surface area contributed by atoms with Gasteiger partial charge in [-0.25, -0.2) is 4.42 Å². The summed E-state index contributed by atoms with van der Waals surface area (Å²) in [5, 5.41) is 8.07. The van der Waals surface area contributed by atoms with Crippen molar-refractivity contribution in [1.82, 2.24) is 0 Å². The number of anilines is 1. The minimum atomic E-state index is -1.47. The average Bonchev–Trinajstić information content (AvgIpc) is 2.79. The van der Waals surface area contributed by atoms with Crippen molar-refractivity contribution in [1.29, 1.82) is 0 Å². The zero-order valence-electron chi connectivity index (χ0n) is 18.6. The van der Waals surface area contributed by atoms with E-state index >= 15 is 0 Å². The van der Waals surface area contributed by atoms with Gasteiger partial charge in [-0.1, -0.05) is 0 Å². The third kappa shape index (κ3) is 6.10. The van der Waals surface area contributed by atoms with Gasteiger partial charge in [-0.2, -0.15) is 10.2 Å². The second kappa shape index (κ2) is 11.9. The molecule has 0 aliphatic heterocycles. The van der Waals surface area contributed by atoms with Crippen LogP contribution in [-0.4, -0.2) is 45.2 Å². The number of rotatable bonds is 11. The first-order chi connectivity index (χ1) is 15.4. The highest BCUT2D eigenvalue weighted by atomic mass is 35.5. The van der Waals surface area contributed by atoms with E-state index < -0.39 is 17.7 Å². The van der Waals surface area contributed by atoms with Gasteiger partial charge >= 0.3 is 0 Å². The molecule has 0 radical (unpaired) electrons. The first kappa shape index (κ1) is 24.9. The summed E-state index contributed by atoms with van der Waals surface area (Å²) in [6.45, 7) is 5.78. The van der Waals surface area contributed by atoms with Gasteiger partial charge in [0.25, 0.3) is 5.91 Å². The van der Waals surface area contributed by atoms with Crippen molar-refractivity contribution in [2.24, 2.45) is 10.2 Å². The van der Waals surface area contributed by atoms with Gasteiger partial charge in [-0.05, 0) is 45.0 Å². The standard InChI is InChI=1S/C22H26ClN3O6/c1-6-31-16-9-11-19(32-7-2)17(12-16)24-25-21(14(3)27)22(28)26(23)18-10-8-15(29-4)13-20(18)30-5/h8-13,21H,6-7H2,1-5H3. The van der Waals surface area contributed by atoms with Gasteiger partial charge in [-0.3, -0.25) is 9.59 Å². The predicted octanol–water partition coefficient (Wildman–Crippen LogP) is 4.73. The minimum Gasteiger partial charge on any atom is -0.497 e. The summed E-state index contributed by atoms with van der Waals surface area (Å²) in [6.07, 6.45) is 0. The van der Waals surface area contributed by atoms with Crippen LogP contribution in [0.3, 0.4) is 0 Å². The maximum atomic E-state index is 13.0. The highest BCUT2D eigenvalue weighted by molar-refractivity contribution is 6.39.